The summed E-state index contributed by atoms with van der Waals surface area (Å²) in [6, 6.07) is 8.54. The molecule has 3 aromatic rings. The first-order chi connectivity index (χ1) is 16.8. The average molecular weight is 534 g/mol. The van der Waals surface area contributed by atoms with Gasteiger partial charge >= 0.3 is 12.4 Å². The zero-order chi connectivity index (χ0) is 26.6. The molecule has 0 unspecified atom stereocenters. The van der Waals surface area contributed by atoms with E-state index in [0.29, 0.717) is 30.7 Å². The number of ether oxygens (including phenoxy) is 1. The van der Waals surface area contributed by atoms with E-state index in [2.05, 4.69) is 10.2 Å². The highest BCUT2D eigenvalue weighted by Gasteiger charge is 2.35. The molecule has 0 radical (unpaired) electrons. The molecule has 3 rings (SSSR count). The van der Waals surface area contributed by atoms with Gasteiger partial charge in [0.1, 0.15) is 15.8 Å². The predicted molar refractivity (Wildman–Crippen MR) is 123 cm³/mol. The largest absolute Gasteiger partial charge is 0.493 e. The maximum Gasteiger partial charge on any atom is 0.419 e. The van der Waals surface area contributed by atoms with Gasteiger partial charge in [0, 0.05) is 5.56 Å². The van der Waals surface area contributed by atoms with Gasteiger partial charge < -0.3 is 15.6 Å². The molecule has 0 aliphatic carbocycles. The van der Waals surface area contributed by atoms with Crippen molar-refractivity contribution in [1.29, 1.82) is 0 Å². The quantitative estimate of drug-likeness (QED) is 0.240. The highest BCUT2D eigenvalue weighted by Crippen LogP contribution is 2.40. The summed E-state index contributed by atoms with van der Waals surface area (Å²) in [6.45, 7) is 1.20. The fourth-order valence-electron chi connectivity index (χ4n) is 3.30. The first-order valence-corrected chi connectivity index (χ1v) is 11.9. The standard InChI is InChI=1S/C24H25F6N3O2S/c1-22(31,14-34)21-33-32-20(36-21)16-8-11-19(18(13-16)24(28,29)30)35-12-4-2-3-5-15-6-9-17(10-7-15)23(25,26)27/h6-11,13,34H,2-5,12,14,31H2,1H3/t22-/m0/s1. The summed E-state index contributed by atoms with van der Waals surface area (Å²) in [4.78, 5) is 0. The first kappa shape index (κ1) is 27.9. The molecule has 196 valence electrons. The topological polar surface area (TPSA) is 81.3 Å². The molecule has 12 heteroatoms. The van der Waals surface area contributed by atoms with Crippen molar-refractivity contribution in [2.24, 2.45) is 5.73 Å². The number of nitrogens with two attached hydrogens (primary N) is 1. The Morgan fingerprint density at radius 2 is 1.61 bits per heavy atom. The van der Waals surface area contributed by atoms with Crippen molar-refractivity contribution in [1.82, 2.24) is 10.2 Å². The number of aliphatic hydroxyl groups excluding tert-OH is 1. The number of rotatable bonds is 10. The van der Waals surface area contributed by atoms with Crippen LogP contribution in [0.15, 0.2) is 42.5 Å². The van der Waals surface area contributed by atoms with Gasteiger partial charge in [0.05, 0.1) is 29.9 Å². The van der Waals surface area contributed by atoms with Crippen molar-refractivity contribution < 1.29 is 36.2 Å². The molecular weight excluding hydrogens is 508 g/mol. The Labute approximate surface area is 207 Å². The van der Waals surface area contributed by atoms with Crippen LogP contribution in [0.1, 0.15) is 47.9 Å². The molecule has 1 heterocycles. The molecule has 0 aliphatic heterocycles. The van der Waals surface area contributed by atoms with E-state index in [0.717, 1.165) is 35.1 Å². The number of aryl methyl sites for hydroxylation is 1. The first-order valence-electron chi connectivity index (χ1n) is 11.1. The Morgan fingerprint density at radius 1 is 0.917 bits per heavy atom. The lowest BCUT2D eigenvalue weighted by atomic mass is 10.1. The minimum Gasteiger partial charge on any atom is -0.493 e. The van der Waals surface area contributed by atoms with Crippen LogP contribution in [0.4, 0.5) is 26.3 Å². The molecule has 0 fully saturated rings. The Balaban J connectivity index is 1.57. The number of aromatic nitrogens is 2. The van der Waals surface area contributed by atoms with Crippen molar-refractivity contribution in [3.63, 3.8) is 0 Å². The molecule has 0 saturated carbocycles. The third-order valence-electron chi connectivity index (χ3n) is 5.42. The smallest absolute Gasteiger partial charge is 0.419 e. The van der Waals surface area contributed by atoms with Gasteiger partial charge in [-0.2, -0.15) is 26.3 Å². The minimum absolute atomic E-state index is 0.0560. The second-order valence-electron chi connectivity index (χ2n) is 8.55. The number of halogens is 6. The maximum atomic E-state index is 13.7. The Bertz CT molecular complexity index is 1140. The number of alkyl halides is 6. The Hall–Kier alpha value is -2.70. The summed E-state index contributed by atoms with van der Waals surface area (Å²) >= 11 is 0.999. The van der Waals surface area contributed by atoms with Crippen LogP contribution in [0.3, 0.4) is 0 Å². The number of hydrogen-bond acceptors (Lipinski definition) is 6. The van der Waals surface area contributed by atoms with Crippen LogP contribution in [0.25, 0.3) is 10.6 Å². The molecule has 0 amide bonds. The van der Waals surface area contributed by atoms with Gasteiger partial charge in [0.15, 0.2) is 0 Å². The van der Waals surface area contributed by atoms with Gasteiger partial charge in [0.25, 0.3) is 0 Å². The lowest BCUT2D eigenvalue weighted by Gasteiger charge is -2.17. The third kappa shape index (κ3) is 7.17. The van der Waals surface area contributed by atoms with E-state index >= 15 is 0 Å². The minimum atomic E-state index is -4.66. The molecule has 0 bridgehead atoms. The van der Waals surface area contributed by atoms with Gasteiger partial charge in [0.2, 0.25) is 0 Å². The van der Waals surface area contributed by atoms with Crippen LogP contribution < -0.4 is 10.5 Å². The van der Waals surface area contributed by atoms with Gasteiger partial charge in [-0.3, -0.25) is 0 Å². The van der Waals surface area contributed by atoms with E-state index in [4.69, 9.17) is 10.5 Å². The van der Waals surface area contributed by atoms with Crippen LogP contribution in [0.5, 0.6) is 5.75 Å². The van der Waals surface area contributed by atoms with E-state index in [9.17, 15) is 31.4 Å². The SMILES string of the molecule is C[C@](N)(CO)c1nnc(-c2ccc(OCCCCCc3ccc(C(F)(F)F)cc3)c(C(F)(F)F)c2)s1. The molecule has 3 N–H and O–H groups in total. The molecule has 1 aromatic heterocycles. The van der Waals surface area contributed by atoms with Gasteiger partial charge in [-0.15, -0.1) is 10.2 Å². The van der Waals surface area contributed by atoms with E-state index in [1.165, 1.54) is 24.3 Å². The van der Waals surface area contributed by atoms with Crippen molar-refractivity contribution in [3.8, 4) is 16.3 Å². The molecule has 0 saturated heterocycles. The maximum absolute atomic E-state index is 13.7. The predicted octanol–water partition coefficient (Wildman–Crippen LogP) is 6.20. The number of aliphatic hydroxyl groups is 1. The Morgan fingerprint density at radius 3 is 2.22 bits per heavy atom. The van der Waals surface area contributed by atoms with Gasteiger partial charge in [-0.05, 0) is 68.5 Å². The molecule has 2 aromatic carbocycles. The second kappa shape index (κ2) is 11.1. The summed E-state index contributed by atoms with van der Waals surface area (Å²) in [5.74, 6) is -0.308. The highest BCUT2D eigenvalue weighted by atomic mass is 32.1. The fraction of sp³-hybridized carbons (Fsp3) is 0.417. The fourth-order valence-corrected chi connectivity index (χ4v) is 4.19. The Kier molecular flexibility index (Phi) is 8.63. The summed E-state index contributed by atoms with van der Waals surface area (Å²) < 4.78 is 84.3. The van der Waals surface area contributed by atoms with Crippen LogP contribution >= 0.6 is 11.3 Å². The lowest BCUT2D eigenvalue weighted by Crippen LogP contribution is -2.36. The van der Waals surface area contributed by atoms with Gasteiger partial charge in [-0.1, -0.05) is 23.5 Å². The van der Waals surface area contributed by atoms with Crippen molar-refractivity contribution in [2.75, 3.05) is 13.2 Å². The van der Waals surface area contributed by atoms with E-state index in [1.807, 2.05) is 0 Å². The van der Waals surface area contributed by atoms with Crippen molar-refractivity contribution >= 4 is 11.3 Å². The number of hydrogen-bond donors (Lipinski definition) is 2. The van der Waals surface area contributed by atoms with Crippen molar-refractivity contribution in [3.05, 3.63) is 64.2 Å². The highest BCUT2D eigenvalue weighted by molar-refractivity contribution is 7.14. The van der Waals surface area contributed by atoms with E-state index < -0.39 is 35.6 Å². The summed E-state index contributed by atoms with van der Waals surface area (Å²) in [7, 11) is 0. The molecular formula is C24H25F6N3O2S. The molecule has 5 nitrogen and oxygen atoms in total. The normalized spacial score (nSPS) is 14.0. The zero-order valence-electron chi connectivity index (χ0n) is 19.3. The molecule has 0 spiro atoms. The zero-order valence-corrected chi connectivity index (χ0v) is 20.1. The van der Waals surface area contributed by atoms with Crippen LogP contribution in [-0.2, 0) is 24.3 Å². The summed E-state index contributed by atoms with van der Waals surface area (Å²) in [6.07, 6.45) is -6.70. The van der Waals surface area contributed by atoms with E-state index in [-0.39, 0.29) is 22.9 Å². The monoisotopic (exact) mass is 533 g/mol. The number of unbranched alkanes of at least 4 members (excludes halogenated alkanes) is 2. The molecule has 36 heavy (non-hydrogen) atoms. The lowest BCUT2D eigenvalue weighted by molar-refractivity contribution is -0.139. The number of nitrogens with zero attached hydrogens (tertiary/aromatic N) is 2. The molecule has 1 atom stereocenters. The van der Waals surface area contributed by atoms with Crippen molar-refractivity contribution in [2.45, 2.75) is 50.5 Å². The third-order valence-corrected chi connectivity index (χ3v) is 6.67. The molecule has 0 aliphatic rings. The van der Waals surface area contributed by atoms with Crippen LogP contribution in [0.2, 0.25) is 0 Å². The second-order valence-corrected chi connectivity index (χ2v) is 9.53. The summed E-state index contributed by atoms with van der Waals surface area (Å²) in [5, 5.41) is 17.7. The van der Waals surface area contributed by atoms with Crippen LogP contribution in [-0.4, -0.2) is 28.5 Å². The average Bonchev–Trinajstić information content (AvgIpc) is 3.32. The summed E-state index contributed by atoms with van der Waals surface area (Å²) in [5.41, 5.74) is 4.06. The van der Waals surface area contributed by atoms with Crippen LogP contribution in [0, 0.1) is 0 Å². The van der Waals surface area contributed by atoms with Gasteiger partial charge in [-0.25, -0.2) is 0 Å². The van der Waals surface area contributed by atoms with E-state index in [1.54, 1.807) is 6.92 Å². The number of benzene rings is 2.